The number of nitrogens with zero attached hydrogens (tertiary/aromatic N) is 2. The van der Waals surface area contributed by atoms with E-state index >= 15 is 0 Å². The maximum Gasteiger partial charge on any atom is 0.220 e. The molecule has 2 rings (SSSR count). The number of aromatic nitrogens is 2. The van der Waals surface area contributed by atoms with Gasteiger partial charge in [0.15, 0.2) is 0 Å². The minimum absolute atomic E-state index is 0.694. The second-order valence-corrected chi connectivity index (χ2v) is 4.69. The van der Waals surface area contributed by atoms with Gasteiger partial charge in [-0.2, -0.15) is 0 Å². The van der Waals surface area contributed by atoms with Crippen LogP contribution in [0.2, 0.25) is 0 Å². The molecule has 0 radical (unpaired) electrons. The molecule has 0 spiro atoms. The number of benzene rings is 1. The second-order valence-electron chi connectivity index (χ2n) is 4.69. The van der Waals surface area contributed by atoms with Crippen molar-refractivity contribution < 1.29 is 4.42 Å². The Balaban J connectivity index is 1.89. The Morgan fingerprint density at radius 1 is 1.11 bits per heavy atom. The van der Waals surface area contributed by atoms with Crippen molar-refractivity contribution in [1.82, 2.24) is 15.5 Å². The molecule has 0 aliphatic carbocycles. The molecular formula is C15H21N3O. The largest absolute Gasteiger partial charge is 0.425 e. The molecule has 1 heterocycles. The van der Waals surface area contributed by atoms with E-state index in [0.717, 1.165) is 25.9 Å². The molecule has 0 fully saturated rings. The van der Waals surface area contributed by atoms with Gasteiger partial charge in [0.1, 0.15) is 0 Å². The topological polar surface area (TPSA) is 51.0 Å². The predicted molar refractivity (Wildman–Crippen MR) is 75.1 cm³/mol. The SMILES string of the molecule is CCCNCCc1nnc(Cc2ccccc2C)o1. The lowest BCUT2D eigenvalue weighted by Gasteiger charge is -2.01. The van der Waals surface area contributed by atoms with Crippen LogP contribution in [0, 0.1) is 6.92 Å². The predicted octanol–water partition coefficient (Wildman–Crippen LogP) is 2.51. The maximum absolute atomic E-state index is 5.66. The maximum atomic E-state index is 5.66. The molecular weight excluding hydrogens is 238 g/mol. The summed E-state index contributed by atoms with van der Waals surface area (Å²) in [6, 6.07) is 8.27. The molecule has 1 N–H and O–H groups in total. The van der Waals surface area contributed by atoms with Crippen LogP contribution < -0.4 is 5.32 Å². The molecule has 4 heteroatoms. The smallest absolute Gasteiger partial charge is 0.220 e. The zero-order valence-corrected chi connectivity index (χ0v) is 11.6. The first-order chi connectivity index (χ1) is 9.29. The van der Waals surface area contributed by atoms with Crippen LogP contribution in [0.3, 0.4) is 0 Å². The minimum atomic E-state index is 0.694. The van der Waals surface area contributed by atoms with Gasteiger partial charge in [0.2, 0.25) is 11.8 Å². The number of rotatable bonds is 7. The number of nitrogens with one attached hydrogen (secondary N) is 1. The zero-order valence-electron chi connectivity index (χ0n) is 11.6. The second kappa shape index (κ2) is 7.04. The van der Waals surface area contributed by atoms with Gasteiger partial charge in [0.05, 0.1) is 6.42 Å². The summed E-state index contributed by atoms with van der Waals surface area (Å²) < 4.78 is 5.66. The average Bonchev–Trinajstić information content (AvgIpc) is 2.85. The zero-order chi connectivity index (χ0) is 13.5. The van der Waals surface area contributed by atoms with Gasteiger partial charge in [-0.25, -0.2) is 0 Å². The molecule has 4 nitrogen and oxygen atoms in total. The molecule has 0 bridgehead atoms. The fraction of sp³-hybridized carbons (Fsp3) is 0.467. The Kier molecular flexibility index (Phi) is 5.10. The van der Waals surface area contributed by atoms with Gasteiger partial charge in [0.25, 0.3) is 0 Å². The third-order valence-corrected chi connectivity index (χ3v) is 3.05. The Bertz CT molecular complexity index is 508. The van der Waals surface area contributed by atoms with Gasteiger partial charge in [0, 0.05) is 13.0 Å². The lowest BCUT2D eigenvalue weighted by Crippen LogP contribution is -2.17. The lowest BCUT2D eigenvalue weighted by atomic mass is 10.1. The van der Waals surface area contributed by atoms with Gasteiger partial charge in [-0.1, -0.05) is 31.2 Å². The van der Waals surface area contributed by atoms with E-state index in [1.54, 1.807) is 0 Å². The molecule has 0 atom stereocenters. The summed E-state index contributed by atoms with van der Waals surface area (Å²) in [6.45, 7) is 6.17. The van der Waals surface area contributed by atoms with Crippen molar-refractivity contribution in [2.75, 3.05) is 13.1 Å². The summed E-state index contributed by atoms with van der Waals surface area (Å²) in [5, 5.41) is 11.5. The molecule has 102 valence electrons. The van der Waals surface area contributed by atoms with Crippen molar-refractivity contribution in [3.05, 3.63) is 47.2 Å². The third kappa shape index (κ3) is 4.17. The van der Waals surface area contributed by atoms with Gasteiger partial charge in [-0.05, 0) is 31.0 Å². The first-order valence-electron chi connectivity index (χ1n) is 6.86. The minimum Gasteiger partial charge on any atom is -0.425 e. The van der Waals surface area contributed by atoms with Crippen LogP contribution in [0.1, 0.15) is 36.3 Å². The molecule has 0 unspecified atom stereocenters. The van der Waals surface area contributed by atoms with Gasteiger partial charge in [-0.3, -0.25) is 0 Å². The molecule has 1 aromatic carbocycles. The van der Waals surface area contributed by atoms with Crippen LogP contribution in [0.5, 0.6) is 0 Å². The van der Waals surface area contributed by atoms with E-state index in [1.807, 2.05) is 12.1 Å². The summed E-state index contributed by atoms with van der Waals surface area (Å²) >= 11 is 0. The summed E-state index contributed by atoms with van der Waals surface area (Å²) in [5.41, 5.74) is 2.49. The molecule has 1 aromatic heterocycles. The summed E-state index contributed by atoms with van der Waals surface area (Å²) in [5.74, 6) is 1.41. The van der Waals surface area contributed by atoms with Crippen LogP contribution >= 0.6 is 0 Å². The van der Waals surface area contributed by atoms with Crippen LogP contribution in [-0.2, 0) is 12.8 Å². The van der Waals surface area contributed by atoms with Gasteiger partial charge < -0.3 is 9.73 Å². The quantitative estimate of drug-likeness (QED) is 0.776. The van der Waals surface area contributed by atoms with Gasteiger partial charge >= 0.3 is 0 Å². The standard InChI is InChI=1S/C15H21N3O/c1-3-9-16-10-8-14-17-18-15(19-14)11-13-7-5-4-6-12(13)2/h4-7,16H,3,8-11H2,1-2H3. The van der Waals surface area contributed by atoms with Crippen LogP contribution in [0.25, 0.3) is 0 Å². The van der Waals surface area contributed by atoms with Crippen LogP contribution in [0.15, 0.2) is 28.7 Å². The van der Waals surface area contributed by atoms with E-state index in [4.69, 9.17) is 4.42 Å². The highest BCUT2D eigenvalue weighted by Gasteiger charge is 2.07. The third-order valence-electron chi connectivity index (χ3n) is 3.05. The number of hydrogen-bond acceptors (Lipinski definition) is 4. The van der Waals surface area contributed by atoms with Crippen molar-refractivity contribution in [2.45, 2.75) is 33.1 Å². The van der Waals surface area contributed by atoms with Crippen molar-refractivity contribution in [3.63, 3.8) is 0 Å². The van der Waals surface area contributed by atoms with E-state index in [-0.39, 0.29) is 0 Å². The van der Waals surface area contributed by atoms with Crippen molar-refractivity contribution in [3.8, 4) is 0 Å². The molecule has 19 heavy (non-hydrogen) atoms. The molecule has 0 aliphatic heterocycles. The summed E-state index contributed by atoms with van der Waals surface area (Å²) in [6.07, 6.45) is 2.64. The monoisotopic (exact) mass is 259 g/mol. The Hall–Kier alpha value is -1.68. The van der Waals surface area contributed by atoms with E-state index in [2.05, 4.69) is 41.5 Å². The highest BCUT2D eigenvalue weighted by atomic mass is 16.4. The Morgan fingerprint density at radius 2 is 1.89 bits per heavy atom. The molecule has 2 aromatic rings. The lowest BCUT2D eigenvalue weighted by molar-refractivity contribution is 0.451. The van der Waals surface area contributed by atoms with Crippen LogP contribution in [-0.4, -0.2) is 23.3 Å². The average molecular weight is 259 g/mol. The molecule has 0 saturated heterocycles. The van der Waals surface area contributed by atoms with E-state index in [0.29, 0.717) is 18.2 Å². The van der Waals surface area contributed by atoms with Crippen molar-refractivity contribution in [1.29, 1.82) is 0 Å². The first kappa shape index (κ1) is 13.7. The van der Waals surface area contributed by atoms with E-state index in [9.17, 15) is 0 Å². The highest BCUT2D eigenvalue weighted by Crippen LogP contribution is 2.12. The highest BCUT2D eigenvalue weighted by molar-refractivity contribution is 5.27. The van der Waals surface area contributed by atoms with Gasteiger partial charge in [-0.15, -0.1) is 10.2 Å². The summed E-state index contributed by atoms with van der Waals surface area (Å²) in [7, 11) is 0. The molecule has 0 saturated carbocycles. The number of aryl methyl sites for hydroxylation is 1. The van der Waals surface area contributed by atoms with Crippen molar-refractivity contribution >= 4 is 0 Å². The first-order valence-corrected chi connectivity index (χ1v) is 6.86. The van der Waals surface area contributed by atoms with Crippen LogP contribution in [0.4, 0.5) is 0 Å². The normalized spacial score (nSPS) is 10.8. The fourth-order valence-electron chi connectivity index (χ4n) is 1.93. The summed E-state index contributed by atoms with van der Waals surface area (Å²) in [4.78, 5) is 0. The Labute approximate surface area is 114 Å². The number of hydrogen-bond donors (Lipinski definition) is 1. The van der Waals surface area contributed by atoms with E-state index < -0.39 is 0 Å². The Morgan fingerprint density at radius 3 is 2.68 bits per heavy atom. The fourth-order valence-corrected chi connectivity index (χ4v) is 1.93. The molecule has 0 aliphatic rings. The van der Waals surface area contributed by atoms with E-state index in [1.165, 1.54) is 11.1 Å². The molecule has 0 amide bonds. The van der Waals surface area contributed by atoms with Crippen molar-refractivity contribution in [2.24, 2.45) is 0 Å².